The van der Waals surface area contributed by atoms with E-state index < -0.39 is 0 Å². The smallest absolute Gasteiger partial charge is 0.219 e. The second-order valence-corrected chi connectivity index (χ2v) is 4.39. The van der Waals surface area contributed by atoms with E-state index in [0.29, 0.717) is 11.3 Å². The van der Waals surface area contributed by atoms with Crippen LogP contribution < -0.4 is 0 Å². The summed E-state index contributed by atoms with van der Waals surface area (Å²) in [5.74, 6) is 0.167. The number of nitrogens with zero attached hydrogens (tertiary/aromatic N) is 3. The third-order valence-corrected chi connectivity index (χ3v) is 3.00. The Bertz CT molecular complexity index is 719. The molecule has 0 saturated heterocycles. The monoisotopic (exact) mass is 275 g/mol. The first-order valence-electron chi connectivity index (χ1n) is 5.76. The number of hydrogen-bond acceptors (Lipinski definition) is 3. The molecule has 0 aliphatic heterocycles. The van der Waals surface area contributed by atoms with Crippen molar-refractivity contribution in [2.45, 2.75) is 13.8 Å². The molecule has 1 N–H and O–H groups in total. The number of halogens is 1. The van der Waals surface area contributed by atoms with Crippen LogP contribution in [0.4, 0.5) is 0 Å². The molecule has 19 heavy (non-hydrogen) atoms. The number of hydrogen-bond donors (Lipinski definition) is 1. The molecule has 0 saturated carbocycles. The molecule has 0 unspecified atom stereocenters. The highest BCUT2D eigenvalue weighted by Crippen LogP contribution is 2.22. The van der Waals surface area contributed by atoms with Gasteiger partial charge in [-0.3, -0.25) is 9.38 Å². The lowest BCUT2D eigenvalue weighted by molar-refractivity contribution is 0.444. The minimum absolute atomic E-state index is 0. The van der Waals surface area contributed by atoms with Crippen LogP contribution >= 0.6 is 12.4 Å². The van der Waals surface area contributed by atoms with Crippen LogP contribution in [0.15, 0.2) is 36.7 Å². The minimum atomic E-state index is 0. The van der Waals surface area contributed by atoms with Crippen molar-refractivity contribution in [3.8, 4) is 17.1 Å². The molecule has 0 fully saturated rings. The van der Waals surface area contributed by atoms with E-state index in [-0.39, 0.29) is 18.3 Å². The summed E-state index contributed by atoms with van der Waals surface area (Å²) in [6.07, 6.45) is 3.47. The minimum Gasteiger partial charge on any atom is -0.493 e. The Balaban J connectivity index is 0.00000133. The number of fused-ring (bicyclic) bond motifs is 1. The van der Waals surface area contributed by atoms with Crippen LogP contribution in [0.1, 0.15) is 11.3 Å². The maximum atomic E-state index is 9.89. The summed E-state index contributed by atoms with van der Waals surface area (Å²) in [5.41, 5.74) is 4.31. The Morgan fingerprint density at radius 3 is 2.47 bits per heavy atom. The third kappa shape index (κ3) is 2.27. The molecule has 0 radical (unpaired) electrons. The zero-order valence-corrected chi connectivity index (χ0v) is 11.5. The maximum absolute atomic E-state index is 9.89. The summed E-state index contributed by atoms with van der Waals surface area (Å²) in [6, 6.07) is 8.12. The molecule has 1 aromatic carbocycles. The van der Waals surface area contributed by atoms with Crippen LogP contribution in [-0.2, 0) is 0 Å². The first kappa shape index (κ1) is 13.4. The number of benzene rings is 1. The van der Waals surface area contributed by atoms with E-state index in [4.69, 9.17) is 0 Å². The van der Waals surface area contributed by atoms with Gasteiger partial charge in [-0.1, -0.05) is 29.8 Å². The fourth-order valence-corrected chi connectivity index (χ4v) is 1.93. The molecular formula is C14H14ClN3O. The van der Waals surface area contributed by atoms with E-state index >= 15 is 0 Å². The zero-order chi connectivity index (χ0) is 12.7. The van der Waals surface area contributed by atoms with E-state index in [0.717, 1.165) is 11.3 Å². The molecular weight excluding hydrogens is 262 g/mol. The van der Waals surface area contributed by atoms with Gasteiger partial charge < -0.3 is 5.11 Å². The summed E-state index contributed by atoms with van der Waals surface area (Å²) in [6.45, 7) is 3.82. The highest BCUT2D eigenvalue weighted by atomic mass is 35.5. The Hall–Kier alpha value is -2.07. The standard InChI is InChI=1S/C14H13N3O.ClH/c1-9-3-5-11(6-4-9)12-8-17-13(7-15-12)16-10(2)14(17)18;/h3-8,18H,1-2H3;1H. The molecule has 0 aliphatic carbocycles. The molecule has 0 bridgehead atoms. The molecule has 3 rings (SSSR count). The number of aromatic nitrogens is 3. The summed E-state index contributed by atoms with van der Waals surface area (Å²) < 4.78 is 1.65. The number of rotatable bonds is 1. The average Bonchev–Trinajstić information content (AvgIpc) is 2.66. The van der Waals surface area contributed by atoms with Crippen LogP contribution in [0.5, 0.6) is 5.88 Å². The van der Waals surface area contributed by atoms with Crippen LogP contribution in [0.25, 0.3) is 16.9 Å². The van der Waals surface area contributed by atoms with Crippen LogP contribution in [-0.4, -0.2) is 19.5 Å². The molecule has 0 amide bonds. The van der Waals surface area contributed by atoms with Crippen LogP contribution in [0.2, 0.25) is 0 Å². The summed E-state index contributed by atoms with van der Waals surface area (Å²) in [7, 11) is 0. The number of aryl methyl sites for hydroxylation is 2. The number of imidazole rings is 1. The van der Waals surface area contributed by atoms with E-state index in [1.807, 2.05) is 31.2 Å². The van der Waals surface area contributed by atoms with Crippen molar-refractivity contribution in [2.75, 3.05) is 0 Å². The molecule has 0 atom stereocenters. The summed E-state index contributed by atoms with van der Waals surface area (Å²) in [5, 5.41) is 9.89. The Morgan fingerprint density at radius 2 is 1.79 bits per heavy atom. The normalized spacial score (nSPS) is 10.4. The van der Waals surface area contributed by atoms with Gasteiger partial charge in [-0.25, -0.2) is 4.98 Å². The van der Waals surface area contributed by atoms with E-state index in [1.165, 1.54) is 5.56 Å². The van der Waals surface area contributed by atoms with Gasteiger partial charge >= 0.3 is 0 Å². The maximum Gasteiger partial charge on any atom is 0.219 e. The van der Waals surface area contributed by atoms with Crippen molar-refractivity contribution >= 4 is 18.1 Å². The van der Waals surface area contributed by atoms with E-state index in [1.54, 1.807) is 23.7 Å². The Kier molecular flexibility index (Phi) is 3.44. The lowest BCUT2D eigenvalue weighted by Gasteiger charge is -2.02. The van der Waals surface area contributed by atoms with Gasteiger partial charge in [0.25, 0.3) is 0 Å². The van der Waals surface area contributed by atoms with Crippen molar-refractivity contribution in [3.63, 3.8) is 0 Å². The van der Waals surface area contributed by atoms with Gasteiger partial charge in [0.05, 0.1) is 11.9 Å². The highest BCUT2D eigenvalue weighted by Gasteiger charge is 2.08. The molecule has 3 aromatic rings. The third-order valence-electron chi connectivity index (χ3n) is 3.00. The first-order chi connectivity index (χ1) is 8.65. The van der Waals surface area contributed by atoms with Gasteiger partial charge in [-0.15, -0.1) is 12.4 Å². The second-order valence-electron chi connectivity index (χ2n) is 4.39. The Labute approximate surface area is 117 Å². The largest absolute Gasteiger partial charge is 0.493 e. The SMILES string of the molecule is Cc1ccc(-c2cn3c(O)c(C)nc3cn2)cc1.Cl. The number of aromatic hydroxyl groups is 1. The summed E-state index contributed by atoms with van der Waals surface area (Å²) >= 11 is 0. The van der Waals surface area contributed by atoms with Crippen molar-refractivity contribution in [1.29, 1.82) is 0 Å². The first-order valence-corrected chi connectivity index (χ1v) is 5.76. The van der Waals surface area contributed by atoms with Crippen molar-refractivity contribution in [2.24, 2.45) is 0 Å². The molecule has 0 spiro atoms. The fourth-order valence-electron chi connectivity index (χ4n) is 1.93. The van der Waals surface area contributed by atoms with Crippen molar-refractivity contribution in [3.05, 3.63) is 47.9 Å². The van der Waals surface area contributed by atoms with E-state index in [9.17, 15) is 5.11 Å². The molecule has 4 nitrogen and oxygen atoms in total. The lowest BCUT2D eigenvalue weighted by atomic mass is 10.1. The zero-order valence-electron chi connectivity index (χ0n) is 10.7. The quantitative estimate of drug-likeness (QED) is 0.742. The van der Waals surface area contributed by atoms with Gasteiger partial charge in [0.2, 0.25) is 5.88 Å². The predicted molar refractivity (Wildman–Crippen MR) is 76.8 cm³/mol. The van der Waals surface area contributed by atoms with Gasteiger partial charge in [0.1, 0.15) is 5.69 Å². The summed E-state index contributed by atoms with van der Waals surface area (Å²) in [4.78, 5) is 8.58. The molecule has 2 aromatic heterocycles. The van der Waals surface area contributed by atoms with Gasteiger partial charge in [-0.05, 0) is 13.8 Å². The van der Waals surface area contributed by atoms with Crippen LogP contribution in [0.3, 0.4) is 0 Å². The molecule has 98 valence electrons. The second kappa shape index (κ2) is 4.90. The van der Waals surface area contributed by atoms with Crippen LogP contribution in [0, 0.1) is 13.8 Å². The molecule has 5 heteroatoms. The average molecular weight is 276 g/mol. The van der Waals surface area contributed by atoms with E-state index in [2.05, 4.69) is 9.97 Å². The van der Waals surface area contributed by atoms with Crippen molar-refractivity contribution in [1.82, 2.24) is 14.4 Å². The van der Waals surface area contributed by atoms with Gasteiger partial charge in [0, 0.05) is 11.8 Å². The lowest BCUT2D eigenvalue weighted by Crippen LogP contribution is -1.90. The van der Waals surface area contributed by atoms with Gasteiger partial charge in [-0.2, -0.15) is 0 Å². The highest BCUT2D eigenvalue weighted by molar-refractivity contribution is 5.85. The topological polar surface area (TPSA) is 50.4 Å². The predicted octanol–water partition coefficient (Wildman–Crippen LogP) is 3.14. The fraction of sp³-hybridized carbons (Fsp3) is 0.143. The van der Waals surface area contributed by atoms with Gasteiger partial charge in [0.15, 0.2) is 5.65 Å². The molecule has 2 heterocycles. The molecule has 0 aliphatic rings. The Morgan fingerprint density at radius 1 is 1.11 bits per heavy atom. The van der Waals surface area contributed by atoms with Crippen molar-refractivity contribution < 1.29 is 5.11 Å².